The van der Waals surface area contributed by atoms with Crippen molar-refractivity contribution in [2.24, 2.45) is 11.7 Å². The third kappa shape index (κ3) is 14.8. The molecule has 0 saturated heterocycles. The zero-order chi connectivity index (χ0) is 30.1. The fraction of sp³-hybridized carbons (Fsp3) is 0.556. The van der Waals surface area contributed by atoms with E-state index in [1.165, 1.54) is 13.8 Å². The van der Waals surface area contributed by atoms with Gasteiger partial charge in [-0.1, -0.05) is 26.0 Å². The topological polar surface area (TPSA) is 195 Å². The molecule has 0 unspecified atom stereocenters. The molecule has 1 aromatic rings. The summed E-state index contributed by atoms with van der Waals surface area (Å²) < 4.78 is 10.2. The highest BCUT2D eigenvalue weighted by atomic mass is 16.5. The molecule has 0 saturated carbocycles. The monoisotopic (exact) mass is 563 g/mol. The van der Waals surface area contributed by atoms with Crippen LogP contribution in [-0.2, 0) is 40.1 Å². The minimum atomic E-state index is -0.976. The first-order chi connectivity index (χ1) is 18.9. The molecule has 13 heteroatoms. The van der Waals surface area contributed by atoms with Gasteiger partial charge in [0.25, 0.3) is 0 Å². The molecule has 0 radical (unpaired) electrons. The molecule has 0 aliphatic heterocycles. The molecule has 5 amide bonds. The van der Waals surface area contributed by atoms with E-state index in [9.17, 15) is 28.8 Å². The van der Waals surface area contributed by atoms with Crippen molar-refractivity contribution in [3.8, 4) is 0 Å². The Hall–Kier alpha value is -4.00. The number of nitrogens with one attached hydrogen (secondary N) is 4. The lowest BCUT2D eigenvalue weighted by atomic mass is 10.0. The molecule has 1 rings (SSSR count). The maximum atomic E-state index is 13.1. The van der Waals surface area contributed by atoms with Crippen LogP contribution in [0.3, 0.4) is 0 Å². The number of ether oxygens (including phenoxy) is 2. The van der Waals surface area contributed by atoms with E-state index in [2.05, 4.69) is 21.3 Å². The zero-order valence-electron chi connectivity index (χ0n) is 23.5. The minimum absolute atomic E-state index is 0.00452. The van der Waals surface area contributed by atoms with Gasteiger partial charge in [-0.2, -0.15) is 0 Å². The summed E-state index contributed by atoms with van der Waals surface area (Å²) in [5.41, 5.74) is 6.29. The van der Waals surface area contributed by atoms with Gasteiger partial charge in [0.2, 0.25) is 17.7 Å². The van der Waals surface area contributed by atoms with Gasteiger partial charge in [0.1, 0.15) is 24.5 Å². The summed E-state index contributed by atoms with van der Waals surface area (Å²) in [6.07, 6.45) is 0.796. The molecule has 0 spiro atoms. The number of ketones is 1. The highest BCUT2D eigenvalue weighted by Gasteiger charge is 2.28. The lowest BCUT2D eigenvalue weighted by Gasteiger charge is -2.25. The summed E-state index contributed by atoms with van der Waals surface area (Å²) in [6.45, 7) is 6.90. The van der Waals surface area contributed by atoms with Crippen molar-refractivity contribution < 1.29 is 38.2 Å². The Morgan fingerprint density at radius 3 is 2.12 bits per heavy atom. The number of Topliss-reactive ketones (excluding diaryl/α,β-unsaturated/α-hetero) is 1. The van der Waals surface area contributed by atoms with Crippen LogP contribution in [0.15, 0.2) is 24.3 Å². The van der Waals surface area contributed by atoms with Gasteiger partial charge in [-0.15, -0.1) is 0 Å². The summed E-state index contributed by atoms with van der Waals surface area (Å²) >= 11 is 0. The molecular weight excluding hydrogens is 522 g/mol. The number of hydrogen-bond acceptors (Lipinski definition) is 8. The van der Waals surface area contributed by atoms with Crippen LogP contribution in [0.4, 0.5) is 10.5 Å². The molecule has 2 atom stereocenters. The number of carbonyl (C=O) groups is 6. The largest absolute Gasteiger partial charge is 0.461 e. The number of urea groups is 1. The Morgan fingerprint density at radius 2 is 1.55 bits per heavy atom. The van der Waals surface area contributed by atoms with Gasteiger partial charge in [0.05, 0.1) is 13.2 Å². The van der Waals surface area contributed by atoms with E-state index in [4.69, 9.17) is 15.2 Å². The van der Waals surface area contributed by atoms with Gasteiger partial charge in [-0.05, 0) is 43.4 Å². The normalized spacial score (nSPS) is 12.1. The van der Waals surface area contributed by atoms with E-state index < -0.39 is 41.8 Å². The predicted octanol–water partition coefficient (Wildman–Crippen LogP) is 1.15. The van der Waals surface area contributed by atoms with Gasteiger partial charge in [0, 0.05) is 32.0 Å². The average Bonchev–Trinajstić information content (AvgIpc) is 2.87. The van der Waals surface area contributed by atoms with Crippen LogP contribution in [0.5, 0.6) is 0 Å². The molecule has 0 fully saturated rings. The molecule has 40 heavy (non-hydrogen) atoms. The van der Waals surface area contributed by atoms with E-state index in [0.717, 1.165) is 5.56 Å². The van der Waals surface area contributed by atoms with Gasteiger partial charge < -0.3 is 36.5 Å². The number of primary amides is 1. The van der Waals surface area contributed by atoms with Crippen LogP contribution in [0.25, 0.3) is 0 Å². The average molecular weight is 564 g/mol. The summed E-state index contributed by atoms with van der Waals surface area (Å²) in [5.74, 6) is -2.14. The standard InChI is InChI=1S/C27H41N5O8/c1-17(2)24(32-23(35)12-15-39-14-11-18(3)33)26(37)31-22(6-5-13-29-27(28)38)25(36)30-21-9-7-20(8-10-21)16-40-19(4)34/h7-10,17,22,24H,5-6,11-16H2,1-4H3,(H,30,36)(H,31,37)(H,32,35)(H3,28,29,38)/t22-,24-/m0/s1. The van der Waals surface area contributed by atoms with E-state index in [1.807, 2.05) is 0 Å². The van der Waals surface area contributed by atoms with E-state index in [-0.39, 0.29) is 57.3 Å². The first-order valence-corrected chi connectivity index (χ1v) is 13.1. The van der Waals surface area contributed by atoms with Crippen LogP contribution < -0.4 is 27.0 Å². The van der Waals surface area contributed by atoms with Crippen molar-refractivity contribution in [1.82, 2.24) is 16.0 Å². The summed E-state index contributed by atoms with van der Waals surface area (Å²) in [7, 11) is 0. The predicted molar refractivity (Wildman–Crippen MR) is 147 cm³/mol. The number of benzene rings is 1. The Labute approximate surface area is 234 Å². The molecule has 6 N–H and O–H groups in total. The first kappa shape index (κ1) is 34.0. The van der Waals surface area contributed by atoms with Crippen LogP contribution in [0.2, 0.25) is 0 Å². The van der Waals surface area contributed by atoms with Crippen molar-refractivity contribution in [1.29, 1.82) is 0 Å². The summed E-state index contributed by atoms with van der Waals surface area (Å²) in [5, 5.41) is 10.6. The van der Waals surface area contributed by atoms with E-state index >= 15 is 0 Å². The number of amides is 5. The molecule has 0 bridgehead atoms. The van der Waals surface area contributed by atoms with Crippen molar-refractivity contribution in [2.45, 2.75) is 72.1 Å². The number of esters is 1. The Balaban J connectivity index is 2.83. The fourth-order valence-electron chi connectivity index (χ4n) is 3.41. The molecule has 13 nitrogen and oxygen atoms in total. The van der Waals surface area contributed by atoms with Crippen LogP contribution >= 0.6 is 0 Å². The molecular formula is C27H41N5O8. The van der Waals surface area contributed by atoms with Gasteiger partial charge in [-0.25, -0.2) is 4.79 Å². The molecule has 0 aliphatic carbocycles. The molecule has 222 valence electrons. The van der Waals surface area contributed by atoms with Gasteiger partial charge in [-0.3, -0.25) is 24.0 Å². The van der Waals surface area contributed by atoms with Crippen molar-refractivity contribution >= 4 is 41.2 Å². The van der Waals surface area contributed by atoms with Gasteiger partial charge in [0.15, 0.2) is 0 Å². The Bertz CT molecular complexity index is 1010. The lowest BCUT2D eigenvalue weighted by Crippen LogP contribution is -2.54. The summed E-state index contributed by atoms with van der Waals surface area (Å²) in [6, 6.07) is 4.07. The van der Waals surface area contributed by atoms with Crippen molar-refractivity contribution in [3.05, 3.63) is 29.8 Å². The molecule has 0 aliphatic rings. The van der Waals surface area contributed by atoms with Crippen molar-refractivity contribution in [3.63, 3.8) is 0 Å². The van der Waals surface area contributed by atoms with Crippen LogP contribution in [0.1, 0.15) is 58.9 Å². The second-order valence-electron chi connectivity index (χ2n) is 9.56. The maximum Gasteiger partial charge on any atom is 0.312 e. The number of anilines is 1. The Morgan fingerprint density at radius 1 is 0.900 bits per heavy atom. The summed E-state index contributed by atoms with van der Waals surface area (Å²) in [4.78, 5) is 71.6. The van der Waals surface area contributed by atoms with E-state index in [0.29, 0.717) is 12.1 Å². The molecule has 1 aromatic carbocycles. The number of nitrogens with two attached hydrogens (primary N) is 1. The number of hydrogen-bond donors (Lipinski definition) is 5. The highest BCUT2D eigenvalue weighted by molar-refractivity contribution is 5.98. The second-order valence-corrected chi connectivity index (χ2v) is 9.56. The van der Waals surface area contributed by atoms with Crippen molar-refractivity contribution in [2.75, 3.05) is 25.1 Å². The third-order valence-corrected chi connectivity index (χ3v) is 5.60. The molecule has 0 aromatic heterocycles. The maximum absolute atomic E-state index is 13.1. The van der Waals surface area contributed by atoms with E-state index in [1.54, 1.807) is 38.1 Å². The smallest absolute Gasteiger partial charge is 0.312 e. The lowest BCUT2D eigenvalue weighted by molar-refractivity contribution is -0.142. The minimum Gasteiger partial charge on any atom is -0.461 e. The van der Waals surface area contributed by atoms with Crippen LogP contribution in [0, 0.1) is 5.92 Å². The SMILES string of the molecule is CC(=O)CCOCCC(=O)N[C@H](C(=O)N[C@@H](CCCNC(N)=O)C(=O)Nc1ccc(COC(C)=O)cc1)C(C)C. The fourth-order valence-corrected chi connectivity index (χ4v) is 3.41. The Kier molecular flexibility index (Phi) is 15.6. The quantitative estimate of drug-likeness (QED) is 0.129. The number of carbonyl (C=O) groups excluding carboxylic acids is 6. The first-order valence-electron chi connectivity index (χ1n) is 13.1. The number of rotatable bonds is 18. The van der Waals surface area contributed by atoms with Gasteiger partial charge >= 0.3 is 12.0 Å². The van der Waals surface area contributed by atoms with Crippen LogP contribution in [-0.4, -0.2) is 67.3 Å². The highest BCUT2D eigenvalue weighted by Crippen LogP contribution is 2.13. The third-order valence-electron chi connectivity index (χ3n) is 5.60. The second kappa shape index (κ2) is 18.3. The zero-order valence-corrected chi connectivity index (χ0v) is 23.5. The molecule has 0 heterocycles.